The molecule has 33 heavy (non-hydrogen) atoms. The quantitative estimate of drug-likeness (QED) is 0.529. The molecule has 172 valence electrons. The van der Waals surface area contributed by atoms with Gasteiger partial charge in [-0.25, -0.2) is 8.42 Å². The molecule has 1 saturated heterocycles. The summed E-state index contributed by atoms with van der Waals surface area (Å²) >= 11 is 11.7. The number of piperazine rings is 1. The highest BCUT2D eigenvalue weighted by atomic mass is 35.5. The zero-order valence-electron chi connectivity index (χ0n) is 17.9. The minimum atomic E-state index is -3.20. The van der Waals surface area contributed by atoms with Gasteiger partial charge in [0.2, 0.25) is 10.0 Å². The molecule has 0 spiro atoms. The van der Waals surface area contributed by atoms with Gasteiger partial charge < -0.3 is 10.2 Å². The monoisotopic (exact) mass is 502 g/mol. The van der Waals surface area contributed by atoms with Gasteiger partial charge in [0.15, 0.2) is 5.11 Å². The lowest BCUT2D eigenvalue weighted by Gasteiger charge is -2.35. The molecule has 0 aliphatic carbocycles. The van der Waals surface area contributed by atoms with Crippen LogP contribution in [-0.2, 0) is 10.0 Å². The molecule has 0 unspecified atom stereocenters. The third-order valence-electron chi connectivity index (χ3n) is 5.54. The summed E-state index contributed by atoms with van der Waals surface area (Å²) < 4.78 is 25.1. The number of rotatable bonds is 4. The summed E-state index contributed by atoms with van der Waals surface area (Å²) in [7, 11) is -3.20. The summed E-state index contributed by atoms with van der Waals surface area (Å²) in [6, 6.07) is 18.4. The standard InChI is InChI=1S/C23H23ClN4O3S2/c1-33(30,31)28-14-12-27(13-15-28)21-11-3-2-10-20(21)25-23(32)26-22(29)18-8-4-7-17-16(18)6-5-9-19(17)24/h2-11H,12-15H2,1H3,(H2,25,26,29,32). The number of thiocarbonyl (C=S) groups is 1. The second kappa shape index (κ2) is 9.64. The molecular formula is C23H23ClN4O3S2. The summed E-state index contributed by atoms with van der Waals surface area (Å²) in [5.41, 5.74) is 2.10. The molecule has 10 heteroatoms. The number of nitrogens with one attached hydrogen (secondary N) is 2. The molecule has 2 N–H and O–H groups in total. The third kappa shape index (κ3) is 5.27. The maximum Gasteiger partial charge on any atom is 0.258 e. The van der Waals surface area contributed by atoms with Crippen molar-refractivity contribution < 1.29 is 13.2 Å². The Kier molecular flexibility index (Phi) is 6.85. The van der Waals surface area contributed by atoms with Crippen molar-refractivity contribution in [3.05, 3.63) is 71.2 Å². The Bertz CT molecular complexity index is 1320. The van der Waals surface area contributed by atoms with E-state index in [1.54, 1.807) is 24.3 Å². The van der Waals surface area contributed by atoms with E-state index < -0.39 is 10.0 Å². The molecule has 0 aromatic heterocycles. The first-order valence-corrected chi connectivity index (χ1v) is 13.0. The topological polar surface area (TPSA) is 81.8 Å². The van der Waals surface area contributed by atoms with Crippen LogP contribution in [0.4, 0.5) is 11.4 Å². The number of para-hydroxylation sites is 2. The van der Waals surface area contributed by atoms with E-state index in [-0.39, 0.29) is 11.0 Å². The van der Waals surface area contributed by atoms with Gasteiger partial charge in [-0.3, -0.25) is 10.1 Å². The fourth-order valence-corrected chi connectivity index (χ4v) is 5.18. The Hall–Kier alpha value is -2.72. The van der Waals surface area contributed by atoms with Crippen LogP contribution in [0, 0.1) is 0 Å². The number of carbonyl (C=O) groups is 1. The number of hydrogen-bond donors (Lipinski definition) is 2. The van der Waals surface area contributed by atoms with Gasteiger partial charge in [0.25, 0.3) is 5.91 Å². The van der Waals surface area contributed by atoms with Crippen molar-refractivity contribution in [2.75, 3.05) is 42.7 Å². The molecule has 0 saturated carbocycles. The molecule has 3 aromatic carbocycles. The molecule has 1 fully saturated rings. The number of hydrogen-bond acceptors (Lipinski definition) is 5. The number of fused-ring (bicyclic) bond motifs is 1. The number of nitrogens with zero attached hydrogens (tertiary/aromatic N) is 2. The highest BCUT2D eigenvalue weighted by Crippen LogP contribution is 2.28. The van der Waals surface area contributed by atoms with Crippen LogP contribution in [0.5, 0.6) is 0 Å². The fraction of sp³-hybridized carbons (Fsp3) is 0.217. The Balaban J connectivity index is 1.47. The highest BCUT2D eigenvalue weighted by molar-refractivity contribution is 7.88. The van der Waals surface area contributed by atoms with E-state index in [0.29, 0.717) is 36.8 Å². The highest BCUT2D eigenvalue weighted by Gasteiger charge is 2.24. The Morgan fingerprint density at radius 2 is 1.61 bits per heavy atom. The average Bonchev–Trinajstić information content (AvgIpc) is 2.79. The molecule has 0 atom stereocenters. The van der Waals surface area contributed by atoms with Crippen LogP contribution in [-0.4, -0.2) is 56.2 Å². The van der Waals surface area contributed by atoms with Gasteiger partial charge in [-0.1, -0.05) is 48.0 Å². The summed E-state index contributed by atoms with van der Waals surface area (Å²) in [5.74, 6) is -0.334. The Morgan fingerprint density at radius 1 is 0.939 bits per heavy atom. The Morgan fingerprint density at radius 3 is 2.33 bits per heavy atom. The van der Waals surface area contributed by atoms with Crippen molar-refractivity contribution in [3.8, 4) is 0 Å². The zero-order valence-corrected chi connectivity index (χ0v) is 20.3. The molecule has 1 aliphatic heterocycles. The molecule has 0 bridgehead atoms. The Labute approximate surface area is 203 Å². The summed E-state index contributed by atoms with van der Waals surface area (Å²) in [4.78, 5) is 15.0. The number of halogens is 1. The second-order valence-corrected chi connectivity index (χ2v) is 10.5. The SMILES string of the molecule is CS(=O)(=O)N1CCN(c2ccccc2NC(=S)NC(=O)c2cccc3c(Cl)cccc23)CC1. The fourth-order valence-electron chi connectivity index (χ4n) is 3.91. The van der Waals surface area contributed by atoms with E-state index in [9.17, 15) is 13.2 Å². The minimum absolute atomic E-state index is 0.168. The van der Waals surface area contributed by atoms with Crippen molar-refractivity contribution in [1.29, 1.82) is 0 Å². The zero-order chi connectivity index (χ0) is 23.6. The second-order valence-electron chi connectivity index (χ2n) is 7.72. The predicted molar refractivity (Wildman–Crippen MR) is 138 cm³/mol. The average molecular weight is 503 g/mol. The van der Waals surface area contributed by atoms with Crippen molar-refractivity contribution in [2.45, 2.75) is 0 Å². The number of benzene rings is 3. The van der Waals surface area contributed by atoms with Crippen LogP contribution in [0.2, 0.25) is 5.02 Å². The number of amides is 1. The van der Waals surface area contributed by atoms with Gasteiger partial charge in [-0.2, -0.15) is 4.31 Å². The van der Waals surface area contributed by atoms with Crippen molar-refractivity contribution in [2.24, 2.45) is 0 Å². The molecule has 1 aliphatic rings. The van der Waals surface area contributed by atoms with Crippen LogP contribution in [0.1, 0.15) is 10.4 Å². The molecule has 1 heterocycles. The summed E-state index contributed by atoms with van der Waals surface area (Å²) in [6.45, 7) is 1.94. The lowest BCUT2D eigenvalue weighted by atomic mass is 10.0. The van der Waals surface area contributed by atoms with Gasteiger partial charge in [0.1, 0.15) is 0 Å². The van der Waals surface area contributed by atoms with E-state index >= 15 is 0 Å². The molecule has 3 aromatic rings. The number of anilines is 2. The maximum atomic E-state index is 12.9. The lowest BCUT2D eigenvalue weighted by Crippen LogP contribution is -2.48. The number of carbonyl (C=O) groups excluding carboxylic acids is 1. The minimum Gasteiger partial charge on any atom is -0.367 e. The first-order chi connectivity index (χ1) is 15.7. The normalized spacial score (nSPS) is 14.8. The van der Waals surface area contributed by atoms with E-state index in [2.05, 4.69) is 15.5 Å². The molecular weight excluding hydrogens is 480 g/mol. The first-order valence-electron chi connectivity index (χ1n) is 10.3. The van der Waals surface area contributed by atoms with Crippen LogP contribution in [0.3, 0.4) is 0 Å². The van der Waals surface area contributed by atoms with Crippen molar-refractivity contribution in [3.63, 3.8) is 0 Å². The van der Waals surface area contributed by atoms with E-state index in [1.165, 1.54) is 10.6 Å². The van der Waals surface area contributed by atoms with Gasteiger partial charge in [-0.15, -0.1) is 0 Å². The van der Waals surface area contributed by atoms with Gasteiger partial charge >= 0.3 is 0 Å². The van der Waals surface area contributed by atoms with E-state index in [1.807, 2.05) is 36.4 Å². The van der Waals surface area contributed by atoms with Gasteiger partial charge in [0, 0.05) is 42.2 Å². The maximum absolute atomic E-state index is 12.9. The molecule has 0 radical (unpaired) electrons. The summed E-state index contributed by atoms with van der Waals surface area (Å²) in [6.07, 6.45) is 1.23. The van der Waals surface area contributed by atoms with Crippen molar-refractivity contribution >= 4 is 67.0 Å². The summed E-state index contributed by atoms with van der Waals surface area (Å²) in [5, 5.41) is 8.14. The predicted octanol–water partition coefficient (Wildman–Crippen LogP) is 3.70. The molecule has 7 nitrogen and oxygen atoms in total. The van der Waals surface area contributed by atoms with Crippen LogP contribution in [0.25, 0.3) is 10.8 Å². The van der Waals surface area contributed by atoms with Crippen LogP contribution < -0.4 is 15.5 Å². The largest absolute Gasteiger partial charge is 0.367 e. The first kappa shape index (κ1) is 23.4. The van der Waals surface area contributed by atoms with Crippen LogP contribution in [0.15, 0.2) is 60.7 Å². The molecule has 4 rings (SSSR count). The van der Waals surface area contributed by atoms with E-state index in [0.717, 1.165) is 22.1 Å². The lowest BCUT2D eigenvalue weighted by molar-refractivity contribution is 0.0979. The van der Waals surface area contributed by atoms with Gasteiger partial charge in [-0.05, 0) is 41.9 Å². The van der Waals surface area contributed by atoms with E-state index in [4.69, 9.17) is 23.8 Å². The van der Waals surface area contributed by atoms with Crippen molar-refractivity contribution in [1.82, 2.24) is 9.62 Å². The third-order valence-corrected chi connectivity index (χ3v) is 7.38. The smallest absolute Gasteiger partial charge is 0.258 e. The number of sulfonamides is 1. The molecule has 1 amide bonds. The van der Waals surface area contributed by atoms with Gasteiger partial charge in [0.05, 0.1) is 17.6 Å². The van der Waals surface area contributed by atoms with Crippen LogP contribution >= 0.6 is 23.8 Å².